The molecule has 2 aliphatic rings. The highest BCUT2D eigenvalue weighted by molar-refractivity contribution is 5.85. The summed E-state index contributed by atoms with van der Waals surface area (Å²) in [4.78, 5) is 5.16. The van der Waals surface area contributed by atoms with Crippen LogP contribution in [0.2, 0.25) is 0 Å². The van der Waals surface area contributed by atoms with Gasteiger partial charge in [0, 0.05) is 44.0 Å². The second-order valence-electron chi connectivity index (χ2n) is 9.87. The zero-order chi connectivity index (χ0) is 19.6. The lowest BCUT2D eigenvalue weighted by Gasteiger charge is -2.40. The molecule has 0 unspecified atom stereocenters. The minimum absolute atomic E-state index is 0. The van der Waals surface area contributed by atoms with Crippen LogP contribution in [0, 0.1) is 11.3 Å². The molecule has 1 aromatic heterocycles. The first-order valence-electron chi connectivity index (χ1n) is 11.1. The first-order chi connectivity index (χ1) is 13.5. The summed E-state index contributed by atoms with van der Waals surface area (Å²) in [6.45, 7) is 12.7. The molecule has 160 valence electrons. The fraction of sp³-hybridized carbons (Fsp3) is 0.600. The van der Waals surface area contributed by atoms with E-state index in [-0.39, 0.29) is 12.4 Å². The topological polar surface area (TPSA) is 19.6 Å². The third-order valence-electron chi connectivity index (χ3n) is 7.03. The van der Waals surface area contributed by atoms with Crippen molar-refractivity contribution in [3.8, 4) is 0 Å². The molecule has 0 radical (unpaired) electrons. The van der Waals surface area contributed by atoms with Crippen molar-refractivity contribution >= 4 is 18.1 Å². The summed E-state index contributed by atoms with van der Waals surface area (Å²) in [5, 5.41) is 0. The van der Waals surface area contributed by atoms with E-state index in [4.69, 9.17) is 4.42 Å². The first kappa shape index (κ1) is 22.2. The van der Waals surface area contributed by atoms with Crippen LogP contribution in [0.3, 0.4) is 0 Å². The number of nitrogens with zero attached hydrogens (tertiary/aromatic N) is 2. The van der Waals surface area contributed by atoms with Crippen LogP contribution >= 0.6 is 12.4 Å². The molecule has 0 spiro atoms. The molecular weight excluding hydrogens is 380 g/mol. The number of piperazine rings is 1. The number of hydrogen-bond acceptors (Lipinski definition) is 3. The Morgan fingerprint density at radius 1 is 0.931 bits per heavy atom. The first-order valence-corrected chi connectivity index (χ1v) is 11.1. The lowest BCUT2D eigenvalue weighted by molar-refractivity contribution is 0.169. The molecule has 0 atom stereocenters. The summed E-state index contributed by atoms with van der Waals surface area (Å²) in [6, 6.07) is 11.3. The van der Waals surface area contributed by atoms with Crippen LogP contribution in [0.4, 0.5) is 5.69 Å². The summed E-state index contributed by atoms with van der Waals surface area (Å²) < 4.78 is 5.22. The summed E-state index contributed by atoms with van der Waals surface area (Å²) in [5.41, 5.74) is 4.82. The van der Waals surface area contributed by atoms with Crippen molar-refractivity contribution in [3.63, 3.8) is 0 Å². The van der Waals surface area contributed by atoms with Crippen molar-refractivity contribution in [3.05, 3.63) is 54.0 Å². The highest BCUT2D eigenvalue weighted by Crippen LogP contribution is 2.45. The Morgan fingerprint density at radius 3 is 2.24 bits per heavy atom. The third kappa shape index (κ3) is 5.38. The van der Waals surface area contributed by atoms with E-state index in [1.165, 1.54) is 36.9 Å². The highest BCUT2D eigenvalue weighted by atomic mass is 35.5. The predicted octanol–water partition coefficient (Wildman–Crippen LogP) is 6.34. The van der Waals surface area contributed by atoms with Gasteiger partial charge in [-0.3, -0.25) is 4.90 Å². The SMILES string of the molecule is CC(C)(C)C1CCC(c2ccccc2N2CCN(Cc3ccoc3)CC2)CC1.Cl. The van der Waals surface area contributed by atoms with Gasteiger partial charge >= 0.3 is 0 Å². The number of benzene rings is 1. The number of halogens is 1. The standard InChI is InChI=1S/C25H36N2O.ClH/c1-25(2,3)22-10-8-21(9-11-22)23-6-4-5-7-24(23)27-15-13-26(14-16-27)18-20-12-17-28-19-20;/h4-7,12,17,19,21-22H,8-11,13-16,18H2,1-3H3;1H. The lowest BCUT2D eigenvalue weighted by Crippen LogP contribution is -2.46. The molecule has 0 amide bonds. The number of furan rings is 1. The largest absolute Gasteiger partial charge is 0.472 e. The van der Waals surface area contributed by atoms with Crippen molar-refractivity contribution < 1.29 is 4.42 Å². The zero-order valence-electron chi connectivity index (χ0n) is 18.3. The Kier molecular flexibility index (Phi) is 7.34. The van der Waals surface area contributed by atoms with Crippen LogP contribution in [0.1, 0.15) is 63.5 Å². The zero-order valence-corrected chi connectivity index (χ0v) is 19.1. The van der Waals surface area contributed by atoms with Gasteiger partial charge in [-0.2, -0.15) is 0 Å². The minimum Gasteiger partial charge on any atom is -0.472 e. The Morgan fingerprint density at radius 2 is 1.62 bits per heavy atom. The Hall–Kier alpha value is -1.45. The normalized spacial score (nSPS) is 23.6. The van der Waals surface area contributed by atoms with E-state index in [1.54, 1.807) is 11.8 Å². The van der Waals surface area contributed by atoms with Gasteiger partial charge in [-0.05, 0) is 60.6 Å². The maximum atomic E-state index is 5.22. The molecule has 0 N–H and O–H groups in total. The van der Waals surface area contributed by atoms with Crippen LogP contribution in [0.15, 0.2) is 47.3 Å². The average Bonchev–Trinajstić information content (AvgIpc) is 3.21. The molecule has 1 saturated carbocycles. The van der Waals surface area contributed by atoms with E-state index >= 15 is 0 Å². The van der Waals surface area contributed by atoms with Crippen molar-refractivity contribution in [2.24, 2.45) is 11.3 Å². The van der Waals surface area contributed by atoms with Crippen LogP contribution in [-0.4, -0.2) is 31.1 Å². The van der Waals surface area contributed by atoms with E-state index in [0.717, 1.165) is 44.6 Å². The molecule has 2 aromatic rings. The van der Waals surface area contributed by atoms with Gasteiger partial charge < -0.3 is 9.32 Å². The fourth-order valence-corrected chi connectivity index (χ4v) is 5.18. The van der Waals surface area contributed by atoms with Gasteiger partial charge in [0.25, 0.3) is 0 Å². The van der Waals surface area contributed by atoms with Crippen LogP contribution in [0.5, 0.6) is 0 Å². The summed E-state index contributed by atoms with van der Waals surface area (Å²) in [6.07, 6.45) is 9.09. The molecule has 4 rings (SSSR count). The molecule has 2 heterocycles. The molecule has 1 aliphatic carbocycles. The van der Waals surface area contributed by atoms with E-state index in [9.17, 15) is 0 Å². The summed E-state index contributed by atoms with van der Waals surface area (Å²) in [5.74, 6) is 1.61. The third-order valence-corrected chi connectivity index (χ3v) is 7.03. The Balaban J connectivity index is 0.00000240. The predicted molar refractivity (Wildman–Crippen MR) is 124 cm³/mol. The van der Waals surface area contributed by atoms with E-state index in [1.807, 2.05) is 6.26 Å². The Bertz CT molecular complexity index is 736. The van der Waals surface area contributed by atoms with Gasteiger partial charge in [-0.15, -0.1) is 12.4 Å². The van der Waals surface area contributed by atoms with E-state index in [0.29, 0.717) is 5.41 Å². The van der Waals surface area contributed by atoms with Gasteiger partial charge in [-0.25, -0.2) is 0 Å². The van der Waals surface area contributed by atoms with Gasteiger partial charge in [0.15, 0.2) is 0 Å². The average molecular weight is 417 g/mol. The quantitative estimate of drug-likeness (QED) is 0.579. The molecule has 0 bridgehead atoms. The molecule has 4 heteroatoms. The van der Waals surface area contributed by atoms with Gasteiger partial charge in [0.2, 0.25) is 0 Å². The van der Waals surface area contributed by atoms with Crippen molar-refractivity contribution in [2.45, 2.75) is 58.9 Å². The monoisotopic (exact) mass is 416 g/mol. The van der Waals surface area contributed by atoms with E-state index in [2.05, 4.69) is 60.9 Å². The molecule has 1 saturated heterocycles. The van der Waals surface area contributed by atoms with E-state index < -0.39 is 0 Å². The number of rotatable bonds is 4. The minimum atomic E-state index is 0. The highest BCUT2D eigenvalue weighted by Gasteiger charge is 2.31. The molecule has 3 nitrogen and oxygen atoms in total. The molecule has 2 fully saturated rings. The van der Waals surface area contributed by atoms with Gasteiger partial charge in [0.05, 0.1) is 12.5 Å². The second kappa shape index (κ2) is 9.57. The van der Waals surface area contributed by atoms with Crippen molar-refractivity contribution in [1.29, 1.82) is 0 Å². The fourth-order valence-electron chi connectivity index (χ4n) is 5.18. The van der Waals surface area contributed by atoms with Gasteiger partial charge in [0.1, 0.15) is 0 Å². The molecule has 1 aromatic carbocycles. The lowest BCUT2D eigenvalue weighted by atomic mass is 9.68. The smallest absolute Gasteiger partial charge is 0.0947 e. The van der Waals surface area contributed by atoms with Gasteiger partial charge in [-0.1, -0.05) is 39.0 Å². The Labute approximate surface area is 182 Å². The van der Waals surface area contributed by atoms with Crippen molar-refractivity contribution in [2.75, 3.05) is 31.1 Å². The maximum Gasteiger partial charge on any atom is 0.0947 e. The number of hydrogen-bond donors (Lipinski definition) is 0. The van der Waals surface area contributed by atoms with Crippen LogP contribution < -0.4 is 4.90 Å². The maximum absolute atomic E-state index is 5.22. The summed E-state index contributed by atoms with van der Waals surface area (Å²) in [7, 11) is 0. The van der Waals surface area contributed by atoms with Crippen molar-refractivity contribution in [1.82, 2.24) is 4.90 Å². The molecule has 1 aliphatic heterocycles. The molecule has 29 heavy (non-hydrogen) atoms. The summed E-state index contributed by atoms with van der Waals surface area (Å²) >= 11 is 0. The van der Waals surface area contributed by atoms with Crippen LogP contribution in [0.25, 0.3) is 0 Å². The second-order valence-corrected chi connectivity index (χ2v) is 9.87. The van der Waals surface area contributed by atoms with Crippen LogP contribution in [-0.2, 0) is 6.54 Å². The number of anilines is 1. The number of para-hydroxylation sites is 1. The molecular formula is C25H37ClN2O.